The molecule has 2 atom stereocenters. The molecule has 1 aliphatic heterocycles. The maximum Gasteiger partial charge on any atom is 0.0998 e. The van der Waals surface area contributed by atoms with E-state index in [9.17, 15) is 0 Å². The van der Waals surface area contributed by atoms with E-state index in [0.717, 1.165) is 0 Å². The van der Waals surface area contributed by atoms with Gasteiger partial charge in [0.05, 0.1) is 5.66 Å². The number of nitrogens with zero attached hydrogens (tertiary/aromatic N) is 2. The van der Waals surface area contributed by atoms with Gasteiger partial charge in [0.25, 0.3) is 0 Å². The van der Waals surface area contributed by atoms with Crippen molar-refractivity contribution in [1.82, 2.24) is 10.0 Å². The minimum atomic E-state index is 0.497. The molecule has 2 unspecified atom stereocenters. The summed E-state index contributed by atoms with van der Waals surface area (Å²) in [6.45, 7) is 0. The van der Waals surface area contributed by atoms with E-state index >= 15 is 0 Å². The first-order valence-corrected chi connectivity index (χ1v) is 4.75. The summed E-state index contributed by atoms with van der Waals surface area (Å²) < 4.78 is 0. The lowest BCUT2D eigenvalue weighted by molar-refractivity contribution is 0.412. The summed E-state index contributed by atoms with van der Waals surface area (Å²) >= 11 is 0. The van der Waals surface area contributed by atoms with Crippen molar-refractivity contribution in [2.24, 2.45) is 0 Å². The predicted octanol–water partition coefficient (Wildman–Crippen LogP) is 1.83. The predicted molar refractivity (Wildman–Crippen MR) is 46.0 cm³/mol. The molecule has 11 heavy (non-hydrogen) atoms. The quantitative estimate of drug-likeness (QED) is 0.491. The first-order valence-electron chi connectivity index (χ1n) is 4.75. The molecule has 1 saturated heterocycles. The van der Waals surface area contributed by atoms with E-state index in [0.29, 0.717) is 5.66 Å². The summed E-state index contributed by atoms with van der Waals surface area (Å²) in [6.07, 6.45) is 8.52. The van der Waals surface area contributed by atoms with Crippen molar-refractivity contribution in [2.75, 3.05) is 14.1 Å². The van der Waals surface area contributed by atoms with Gasteiger partial charge in [0, 0.05) is 14.1 Å². The van der Waals surface area contributed by atoms with Crippen molar-refractivity contribution in [3.8, 4) is 0 Å². The van der Waals surface area contributed by atoms with E-state index in [4.69, 9.17) is 0 Å². The van der Waals surface area contributed by atoms with E-state index < -0.39 is 0 Å². The third kappa shape index (κ3) is 1.00. The van der Waals surface area contributed by atoms with Gasteiger partial charge in [-0.15, -0.1) is 0 Å². The molecule has 0 aromatic carbocycles. The van der Waals surface area contributed by atoms with Crippen LogP contribution in [-0.2, 0) is 0 Å². The monoisotopic (exact) mass is 154 g/mol. The van der Waals surface area contributed by atoms with Crippen LogP contribution < -0.4 is 0 Å². The molecule has 2 aliphatic rings. The van der Waals surface area contributed by atoms with Crippen LogP contribution in [0, 0.1) is 0 Å². The second-order valence-corrected chi connectivity index (χ2v) is 3.94. The maximum absolute atomic E-state index is 2.40. The Morgan fingerprint density at radius 2 is 1.27 bits per heavy atom. The molecular formula is C9H18N2. The van der Waals surface area contributed by atoms with Gasteiger partial charge in [0.1, 0.15) is 0 Å². The molecular weight excluding hydrogens is 136 g/mol. The van der Waals surface area contributed by atoms with Crippen LogP contribution in [0.4, 0.5) is 0 Å². The maximum atomic E-state index is 2.40. The first kappa shape index (κ1) is 7.56. The molecule has 1 aliphatic carbocycles. The molecule has 0 N–H and O–H groups in total. The summed E-state index contributed by atoms with van der Waals surface area (Å²) in [7, 11) is 4.43. The van der Waals surface area contributed by atoms with E-state index in [1.54, 1.807) is 0 Å². The highest BCUT2D eigenvalue weighted by Crippen LogP contribution is 2.45. The lowest BCUT2D eigenvalue weighted by atomic mass is 10.1. The van der Waals surface area contributed by atoms with Crippen LogP contribution in [0.15, 0.2) is 0 Å². The molecule has 2 heteroatoms. The van der Waals surface area contributed by atoms with Gasteiger partial charge in [-0.3, -0.25) is 0 Å². The SMILES string of the molecule is CN1N(C)C12CCCCCC2. The molecule has 64 valence electrons. The molecule has 0 aromatic rings. The van der Waals surface area contributed by atoms with Crippen LogP contribution >= 0.6 is 0 Å². The van der Waals surface area contributed by atoms with Crippen molar-refractivity contribution >= 4 is 0 Å². The fourth-order valence-corrected chi connectivity index (χ4v) is 2.48. The molecule has 1 spiro atoms. The molecule has 1 saturated carbocycles. The third-order valence-electron chi connectivity index (χ3n) is 3.52. The number of hydrazine groups is 1. The Kier molecular flexibility index (Phi) is 1.69. The fourth-order valence-electron chi connectivity index (χ4n) is 2.48. The van der Waals surface area contributed by atoms with E-state index in [-0.39, 0.29) is 0 Å². The zero-order chi connectivity index (χ0) is 7.90. The topological polar surface area (TPSA) is 6.02 Å². The molecule has 2 nitrogen and oxygen atoms in total. The highest BCUT2D eigenvalue weighted by Gasteiger charge is 2.54. The van der Waals surface area contributed by atoms with E-state index in [1.807, 2.05) is 0 Å². The molecule has 0 aromatic heterocycles. The number of rotatable bonds is 0. The summed E-state index contributed by atoms with van der Waals surface area (Å²) in [5.74, 6) is 0. The van der Waals surface area contributed by atoms with Gasteiger partial charge in [0.15, 0.2) is 0 Å². The Bertz CT molecular complexity index is 138. The minimum absolute atomic E-state index is 0.497. The number of hydrogen-bond acceptors (Lipinski definition) is 2. The van der Waals surface area contributed by atoms with Gasteiger partial charge < -0.3 is 0 Å². The summed E-state index contributed by atoms with van der Waals surface area (Å²) in [5.41, 5.74) is 0.497. The second-order valence-electron chi connectivity index (χ2n) is 3.94. The van der Waals surface area contributed by atoms with Crippen LogP contribution in [0.1, 0.15) is 38.5 Å². The van der Waals surface area contributed by atoms with Gasteiger partial charge in [-0.2, -0.15) is 0 Å². The second kappa shape index (κ2) is 2.46. The lowest BCUT2D eigenvalue weighted by Crippen LogP contribution is -2.16. The van der Waals surface area contributed by atoms with Gasteiger partial charge in [-0.25, -0.2) is 10.0 Å². The normalized spacial score (nSPS) is 42.0. The van der Waals surface area contributed by atoms with Crippen LogP contribution in [0.25, 0.3) is 0 Å². The highest BCUT2D eigenvalue weighted by molar-refractivity contribution is 4.98. The van der Waals surface area contributed by atoms with E-state index in [2.05, 4.69) is 24.1 Å². The summed E-state index contributed by atoms with van der Waals surface area (Å²) in [6, 6.07) is 0. The highest BCUT2D eigenvalue weighted by atomic mass is 15.9. The fraction of sp³-hybridized carbons (Fsp3) is 1.00. The van der Waals surface area contributed by atoms with Crippen molar-refractivity contribution < 1.29 is 0 Å². The largest absolute Gasteiger partial charge is 0.222 e. The third-order valence-corrected chi connectivity index (χ3v) is 3.52. The molecule has 0 radical (unpaired) electrons. The summed E-state index contributed by atoms with van der Waals surface area (Å²) in [4.78, 5) is 0. The van der Waals surface area contributed by atoms with Crippen molar-refractivity contribution in [1.29, 1.82) is 0 Å². The minimum Gasteiger partial charge on any atom is -0.222 e. The van der Waals surface area contributed by atoms with Crippen molar-refractivity contribution in [2.45, 2.75) is 44.2 Å². The smallest absolute Gasteiger partial charge is 0.0998 e. The van der Waals surface area contributed by atoms with Gasteiger partial charge >= 0.3 is 0 Å². The van der Waals surface area contributed by atoms with E-state index in [1.165, 1.54) is 38.5 Å². The lowest BCUT2D eigenvalue weighted by Gasteiger charge is -2.09. The molecule has 2 fully saturated rings. The Hall–Kier alpha value is -0.0800. The Balaban J connectivity index is 2.02. The first-order chi connectivity index (χ1) is 5.27. The molecule has 2 rings (SSSR count). The van der Waals surface area contributed by atoms with Gasteiger partial charge in [-0.05, 0) is 12.8 Å². The Labute approximate surface area is 69.1 Å². The number of hydrogen-bond donors (Lipinski definition) is 0. The van der Waals surface area contributed by atoms with Gasteiger partial charge in [-0.1, -0.05) is 25.7 Å². The zero-order valence-electron chi connectivity index (χ0n) is 7.64. The van der Waals surface area contributed by atoms with Crippen LogP contribution in [-0.4, -0.2) is 29.8 Å². The molecule has 1 heterocycles. The Morgan fingerprint density at radius 1 is 0.818 bits per heavy atom. The molecule has 0 bridgehead atoms. The van der Waals surface area contributed by atoms with Gasteiger partial charge in [0.2, 0.25) is 0 Å². The summed E-state index contributed by atoms with van der Waals surface area (Å²) in [5, 5.41) is 4.80. The van der Waals surface area contributed by atoms with Crippen LogP contribution in [0.3, 0.4) is 0 Å². The Morgan fingerprint density at radius 3 is 1.64 bits per heavy atom. The van der Waals surface area contributed by atoms with Crippen molar-refractivity contribution in [3.63, 3.8) is 0 Å². The average molecular weight is 154 g/mol. The molecule has 0 amide bonds. The van der Waals surface area contributed by atoms with Crippen LogP contribution in [0.5, 0.6) is 0 Å². The van der Waals surface area contributed by atoms with Crippen molar-refractivity contribution in [3.05, 3.63) is 0 Å². The van der Waals surface area contributed by atoms with Crippen LogP contribution in [0.2, 0.25) is 0 Å². The standard InChI is InChI=1S/C9H18N2/c1-10-9(11(10)2)7-5-3-4-6-8-9/h3-8H2,1-2H3. The zero-order valence-corrected chi connectivity index (χ0v) is 7.64. The average Bonchev–Trinajstić information content (AvgIpc) is 2.63.